The van der Waals surface area contributed by atoms with Crippen LogP contribution in [0.3, 0.4) is 0 Å². The molecule has 0 radical (unpaired) electrons. The van der Waals surface area contributed by atoms with Crippen molar-refractivity contribution in [3.8, 4) is 0 Å². The maximum atomic E-state index is 12.3. The van der Waals surface area contributed by atoms with E-state index in [2.05, 4.69) is 22.3 Å². The Morgan fingerprint density at radius 2 is 1.96 bits per heavy atom. The highest BCUT2D eigenvalue weighted by Crippen LogP contribution is 2.13. The molecule has 5 nitrogen and oxygen atoms in total. The Bertz CT molecular complexity index is 522. The van der Waals surface area contributed by atoms with E-state index in [0.717, 1.165) is 50.6 Å². The summed E-state index contributed by atoms with van der Waals surface area (Å²) in [5, 5.41) is 3.76. The zero-order valence-corrected chi connectivity index (χ0v) is 16.1. The molecule has 1 heterocycles. The van der Waals surface area contributed by atoms with Crippen LogP contribution in [0.1, 0.15) is 32.3 Å². The maximum absolute atomic E-state index is 12.3. The fraction of sp³-hybridized carbons (Fsp3) is 0.632. The van der Waals surface area contributed by atoms with Crippen molar-refractivity contribution in [2.75, 3.05) is 39.3 Å². The Morgan fingerprint density at radius 3 is 2.68 bits per heavy atom. The lowest BCUT2D eigenvalue weighted by molar-refractivity contribution is 0.0771. The zero-order valence-electron chi connectivity index (χ0n) is 15.3. The third-order valence-corrected chi connectivity index (χ3v) is 4.50. The number of nitrogens with one attached hydrogen (secondary N) is 1. The fourth-order valence-electron chi connectivity index (χ4n) is 2.88. The van der Waals surface area contributed by atoms with Crippen molar-refractivity contribution in [3.63, 3.8) is 0 Å². The van der Waals surface area contributed by atoms with E-state index in [-0.39, 0.29) is 12.1 Å². The van der Waals surface area contributed by atoms with E-state index in [0.29, 0.717) is 13.2 Å². The summed E-state index contributed by atoms with van der Waals surface area (Å²) in [5.41, 5.74) is 1.26. The van der Waals surface area contributed by atoms with Crippen molar-refractivity contribution in [1.82, 2.24) is 15.1 Å². The molecule has 2 rings (SSSR count). The molecule has 140 valence electrons. The first-order valence-electron chi connectivity index (χ1n) is 9.16. The highest BCUT2D eigenvalue weighted by atomic mass is 35.5. The van der Waals surface area contributed by atoms with Crippen LogP contribution < -0.4 is 5.32 Å². The molecule has 1 aliphatic heterocycles. The number of nitrogens with zero attached hydrogens (tertiary/aromatic N) is 2. The van der Waals surface area contributed by atoms with Crippen LogP contribution in [0.25, 0.3) is 0 Å². The highest BCUT2D eigenvalue weighted by molar-refractivity contribution is 6.30. The van der Waals surface area contributed by atoms with Crippen LogP contribution in [0.15, 0.2) is 24.3 Å². The van der Waals surface area contributed by atoms with Crippen molar-refractivity contribution >= 4 is 17.6 Å². The van der Waals surface area contributed by atoms with Gasteiger partial charge in [-0.2, -0.15) is 0 Å². The lowest BCUT2D eigenvalue weighted by Crippen LogP contribution is -2.42. The first kappa shape index (κ1) is 20.0. The van der Waals surface area contributed by atoms with E-state index < -0.39 is 0 Å². The summed E-state index contributed by atoms with van der Waals surface area (Å²) >= 11 is 5.94. The van der Waals surface area contributed by atoms with Crippen LogP contribution in [0, 0.1) is 0 Å². The van der Waals surface area contributed by atoms with Crippen molar-refractivity contribution in [2.24, 2.45) is 0 Å². The summed E-state index contributed by atoms with van der Waals surface area (Å²) in [4.78, 5) is 16.6. The van der Waals surface area contributed by atoms with Gasteiger partial charge in [0.2, 0.25) is 0 Å². The number of benzene rings is 1. The number of hydrogen-bond donors (Lipinski definition) is 1. The van der Waals surface area contributed by atoms with Gasteiger partial charge in [-0.05, 0) is 44.4 Å². The lowest BCUT2D eigenvalue weighted by Gasteiger charge is -2.22. The van der Waals surface area contributed by atoms with Gasteiger partial charge in [0.1, 0.15) is 0 Å². The van der Waals surface area contributed by atoms with Crippen LogP contribution in [0.4, 0.5) is 4.79 Å². The van der Waals surface area contributed by atoms with Crippen molar-refractivity contribution < 1.29 is 9.53 Å². The van der Waals surface area contributed by atoms with E-state index in [9.17, 15) is 4.79 Å². The monoisotopic (exact) mass is 367 g/mol. The zero-order chi connectivity index (χ0) is 18.1. The minimum Gasteiger partial charge on any atom is -0.379 e. The van der Waals surface area contributed by atoms with Gasteiger partial charge in [-0.25, -0.2) is 4.79 Å². The summed E-state index contributed by atoms with van der Waals surface area (Å²) < 4.78 is 5.49. The summed E-state index contributed by atoms with van der Waals surface area (Å²) in [5.74, 6) is 0. The molecule has 6 heteroatoms. The molecule has 25 heavy (non-hydrogen) atoms. The minimum absolute atomic E-state index is 0.0397. The number of carbonyl (C=O) groups excluding carboxylic acids is 1. The second kappa shape index (κ2) is 10.6. The molecular weight excluding hydrogens is 338 g/mol. The van der Waals surface area contributed by atoms with Gasteiger partial charge >= 0.3 is 6.03 Å². The van der Waals surface area contributed by atoms with Gasteiger partial charge in [0.15, 0.2) is 0 Å². The summed E-state index contributed by atoms with van der Waals surface area (Å²) in [6.45, 7) is 9.77. The molecule has 0 bridgehead atoms. The second-order valence-corrected chi connectivity index (χ2v) is 7.18. The largest absolute Gasteiger partial charge is 0.379 e. The van der Waals surface area contributed by atoms with Crippen molar-refractivity contribution in [1.29, 1.82) is 0 Å². The summed E-state index contributed by atoms with van der Waals surface area (Å²) in [6, 6.07) is 8.03. The van der Waals surface area contributed by atoms with E-state index >= 15 is 0 Å². The average molecular weight is 368 g/mol. The SMILES string of the molecule is CC(C)OCCCNC(=O)N1CCCN(Cc2ccc(Cl)cc2)CC1. The number of carbonyl (C=O) groups is 1. The van der Waals surface area contributed by atoms with E-state index in [1.54, 1.807) is 0 Å². The van der Waals surface area contributed by atoms with Crippen LogP contribution in [-0.4, -0.2) is 61.3 Å². The maximum Gasteiger partial charge on any atom is 0.317 e. The molecule has 0 saturated carbocycles. The first-order chi connectivity index (χ1) is 12.0. The quantitative estimate of drug-likeness (QED) is 0.751. The molecule has 1 fully saturated rings. The predicted octanol–water partition coefficient (Wildman–Crippen LogP) is 3.37. The Balaban J connectivity index is 1.69. The third kappa shape index (κ3) is 7.63. The van der Waals surface area contributed by atoms with Crippen molar-refractivity contribution in [3.05, 3.63) is 34.9 Å². The second-order valence-electron chi connectivity index (χ2n) is 6.75. The van der Waals surface area contributed by atoms with Gasteiger partial charge in [0, 0.05) is 50.9 Å². The first-order valence-corrected chi connectivity index (χ1v) is 9.53. The number of rotatable bonds is 7. The Kier molecular flexibility index (Phi) is 8.52. The molecule has 1 aromatic rings. The molecule has 1 aromatic carbocycles. The Labute approximate surface area is 156 Å². The fourth-order valence-corrected chi connectivity index (χ4v) is 3.00. The topological polar surface area (TPSA) is 44.8 Å². The predicted molar refractivity (Wildman–Crippen MR) is 102 cm³/mol. The van der Waals surface area contributed by atoms with Crippen LogP contribution >= 0.6 is 11.6 Å². The molecule has 1 N–H and O–H groups in total. The van der Waals surface area contributed by atoms with Crippen LogP contribution in [0.2, 0.25) is 5.02 Å². The number of halogens is 1. The van der Waals surface area contributed by atoms with Crippen LogP contribution in [-0.2, 0) is 11.3 Å². The minimum atomic E-state index is 0.0397. The van der Waals surface area contributed by atoms with Gasteiger partial charge in [0.25, 0.3) is 0 Å². The molecule has 1 saturated heterocycles. The van der Waals surface area contributed by atoms with Gasteiger partial charge in [0.05, 0.1) is 6.10 Å². The van der Waals surface area contributed by atoms with Gasteiger partial charge in [-0.15, -0.1) is 0 Å². The number of amides is 2. The van der Waals surface area contributed by atoms with Crippen molar-refractivity contribution in [2.45, 2.75) is 39.3 Å². The molecule has 0 aliphatic carbocycles. The van der Waals surface area contributed by atoms with Crippen LogP contribution in [0.5, 0.6) is 0 Å². The standard InChI is InChI=1S/C19H30ClN3O2/c1-16(2)25-14-3-9-21-19(24)23-11-4-10-22(12-13-23)15-17-5-7-18(20)8-6-17/h5-8,16H,3-4,9-15H2,1-2H3,(H,21,24). The molecule has 0 unspecified atom stereocenters. The number of urea groups is 1. The third-order valence-electron chi connectivity index (χ3n) is 4.24. The molecule has 0 aromatic heterocycles. The number of ether oxygens (including phenoxy) is 1. The van der Waals surface area contributed by atoms with Gasteiger partial charge in [-0.3, -0.25) is 4.90 Å². The Morgan fingerprint density at radius 1 is 1.20 bits per heavy atom. The molecular formula is C19H30ClN3O2. The van der Waals surface area contributed by atoms with E-state index in [1.807, 2.05) is 30.9 Å². The van der Waals surface area contributed by atoms with E-state index in [1.165, 1.54) is 5.56 Å². The smallest absolute Gasteiger partial charge is 0.317 e. The number of hydrogen-bond acceptors (Lipinski definition) is 3. The summed E-state index contributed by atoms with van der Waals surface area (Å²) in [6.07, 6.45) is 2.09. The van der Waals surface area contributed by atoms with Gasteiger partial charge in [-0.1, -0.05) is 23.7 Å². The molecule has 2 amide bonds. The molecule has 0 atom stereocenters. The van der Waals surface area contributed by atoms with Gasteiger partial charge < -0.3 is 15.0 Å². The van der Waals surface area contributed by atoms with E-state index in [4.69, 9.17) is 16.3 Å². The molecule has 0 spiro atoms. The lowest BCUT2D eigenvalue weighted by atomic mass is 10.2. The average Bonchev–Trinajstić information content (AvgIpc) is 2.82. The normalized spacial score (nSPS) is 16.1. The highest BCUT2D eigenvalue weighted by Gasteiger charge is 2.18. The molecule has 1 aliphatic rings. The summed E-state index contributed by atoms with van der Waals surface area (Å²) in [7, 11) is 0. The Hall–Kier alpha value is -1.30.